The summed E-state index contributed by atoms with van der Waals surface area (Å²) in [5.41, 5.74) is 5.31. The van der Waals surface area contributed by atoms with E-state index in [1.54, 1.807) is 7.11 Å². The summed E-state index contributed by atoms with van der Waals surface area (Å²) in [5, 5.41) is 3.52. The first-order valence-electron chi connectivity index (χ1n) is 6.43. The molecule has 1 aliphatic heterocycles. The maximum atomic E-state index is 5.30. The Bertz CT molecular complexity index is 545. The van der Waals surface area contributed by atoms with Gasteiger partial charge in [-0.05, 0) is 54.7 Å². The van der Waals surface area contributed by atoms with E-state index in [1.165, 1.54) is 22.5 Å². The van der Waals surface area contributed by atoms with E-state index < -0.39 is 0 Å². The number of aromatic amines is 1. The van der Waals surface area contributed by atoms with Gasteiger partial charge in [0.25, 0.3) is 0 Å². The zero-order chi connectivity index (χ0) is 12.4. The number of anilines is 1. The van der Waals surface area contributed by atoms with Gasteiger partial charge in [0, 0.05) is 24.1 Å². The van der Waals surface area contributed by atoms with Gasteiger partial charge in [-0.2, -0.15) is 0 Å². The van der Waals surface area contributed by atoms with Gasteiger partial charge in [0.05, 0.1) is 7.11 Å². The summed E-state index contributed by atoms with van der Waals surface area (Å²) in [7, 11) is 1.72. The molecular weight excluding hydrogens is 224 g/mol. The molecule has 0 aliphatic carbocycles. The van der Waals surface area contributed by atoms with Crippen molar-refractivity contribution in [2.75, 3.05) is 12.4 Å². The zero-order valence-corrected chi connectivity index (χ0v) is 10.6. The second kappa shape index (κ2) is 4.77. The van der Waals surface area contributed by atoms with Crippen LogP contribution in [0.1, 0.15) is 23.2 Å². The van der Waals surface area contributed by atoms with Crippen LogP contribution >= 0.6 is 0 Å². The molecule has 18 heavy (non-hydrogen) atoms. The molecule has 2 N–H and O–H groups in total. The van der Waals surface area contributed by atoms with Crippen LogP contribution in [-0.2, 0) is 19.4 Å². The van der Waals surface area contributed by atoms with Crippen LogP contribution in [0.25, 0.3) is 0 Å². The Morgan fingerprint density at radius 1 is 1.11 bits per heavy atom. The molecule has 0 spiro atoms. The van der Waals surface area contributed by atoms with Gasteiger partial charge < -0.3 is 15.0 Å². The lowest BCUT2D eigenvalue weighted by Crippen LogP contribution is -2.02. The van der Waals surface area contributed by atoms with E-state index in [2.05, 4.69) is 28.5 Å². The molecule has 0 radical (unpaired) electrons. The van der Waals surface area contributed by atoms with Crippen LogP contribution in [0.5, 0.6) is 5.75 Å². The van der Waals surface area contributed by atoms with Crippen LogP contribution in [0.15, 0.2) is 30.5 Å². The second-order valence-corrected chi connectivity index (χ2v) is 4.71. The van der Waals surface area contributed by atoms with Crippen LogP contribution < -0.4 is 10.1 Å². The van der Waals surface area contributed by atoms with Crippen molar-refractivity contribution in [1.82, 2.24) is 4.98 Å². The van der Waals surface area contributed by atoms with E-state index >= 15 is 0 Å². The molecule has 3 nitrogen and oxygen atoms in total. The summed E-state index contributed by atoms with van der Waals surface area (Å²) in [6, 6.07) is 8.44. The molecule has 3 heteroatoms. The largest absolute Gasteiger partial charge is 0.497 e. The first-order chi connectivity index (χ1) is 8.86. The molecule has 94 valence electrons. The van der Waals surface area contributed by atoms with Gasteiger partial charge in [-0.3, -0.25) is 0 Å². The minimum Gasteiger partial charge on any atom is -0.497 e. The van der Waals surface area contributed by atoms with E-state index in [1.807, 2.05) is 12.3 Å². The smallest absolute Gasteiger partial charge is 0.119 e. The molecule has 2 aromatic rings. The third kappa shape index (κ3) is 2.08. The summed E-state index contributed by atoms with van der Waals surface area (Å²) in [4.78, 5) is 3.34. The lowest BCUT2D eigenvalue weighted by molar-refractivity contribution is 0.414. The fraction of sp³-hybridized carbons (Fsp3) is 0.333. The number of methoxy groups -OCH3 is 1. The first-order valence-corrected chi connectivity index (χ1v) is 6.43. The second-order valence-electron chi connectivity index (χ2n) is 4.71. The maximum absolute atomic E-state index is 5.30. The summed E-state index contributed by atoms with van der Waals surface area (Å²) < 4.78 is 5.30. The predicted molar refractivity (Wildman–Crippen MR) is 73.1 cm³/mol. The van der Waals surface area contributed by atoms with E-state index in [-0.39, 0.29) is 0 Å². The highest BCUT2D eigenvalue weighted by atomic mass is 16.5. The number of fused-ring (bicyclic) bond motifs is 2. The van der Waals surface area contributed by atoms with E-state index in [0.29, 0.717) is 0 Å². The Labute approximate surface area is 107 Å². The highest BCUT2D eigenvalue weighted by Crippen LogP contribution is 2.26. The summed E-state index contributed by atoms with van der Waals surface area (Å²) in [5.74, 6) is 0.938. The Morgan fingerprint density at radius 2 is 2.06 bits per heavy atom. The number of aryl methyl sites for hydroxylation is 2. The number of ether oxygens (including phenoxy) is 1. The van der Waals surface area contributed by atoms with Crippen molar-refractivity contribution in [2.24, 2.45) is 0 Å². The average molecular weight is 242 g/mol. The molecule has 0 fully saturated rings. The van der Waals surface area contributed by atoms with Crippen molar-refractivity contribution >= 4 is 5.69 Å². The third-order valence-corrected chi connectivity index (χ3v) is 3.58. The Kier molecular flexibility index (Phi) is 2.97. The number of nitrogens with one attached hydrogen (secondary N) is 2. The van der Waals surface area contributed by atoms with Gasteiger partial charge >= 0.3 is 0 Å². The Morgan fingerprint density at radius 3 is 2.94 bits per heavy atom. The summed E-state index contributed by atoms with van der Waals surface area (Å²) >= 11 is 0. The molecule has 3 rings (SSSR count). The molecule has 1 aliphatic rings. The minimum absolute atomic E-state index is 0.887. The van der Waals surface area contributed by atoms with Crippen molar-refractivity contribution in [3.8, 4) is 5.75 Å². The quantitative estimate of drug-likeness (QED) is 0.806. The predicted octanol–water partition coefficient (Wildman–Crippen LogP) is 3.12. The molecule has 1 aromatic heterocycles. The van der Waals surface area contributed by atoms with Gasteiger partial charge in [-0.1, -0.05) is 0 Å². The molecule has 2 heterocycles. The van der Waals surface area contributed by atoms with Gasteiger partial charge in [0.15, 0.2) is 0 Å². The van der Waals surface area contributed by atoms with Gasteiger partial charge in [0.1, 0.15) is 5.75 Å². The lowest BCUT2D eigenvalue weighted by Gasteiger charge is -2.11. The first kappa shape index (κ1) is 11.2. The summed E-state index contributed by atoms with van der Waals surface area (Å²) in [6.07, 6.45) is 5.39. The van der Waals surface area contributed by atoms with Gasteiger partial charge in [0.2, 0.25) is 0 Å². The van der Waals surface area contributed by atoms with Crippen LogP contribution in [0, 0.1) is 0 Å². The van der Waals surface area contributed by atoms with Gasteiger partial charge in [-0.25, -0.2) is 0 Å². The van der Waals surface area contributed by atoms with Gasteiger partial charge in [-0.15, -0.1) is 0 Å². The van der Waals surface area contributed by atoms with Crippen molar-refractivity contribution in [3.63, 3.8) is 0 Å². The third-order valence-electron chi connectivity index (χ3n) is 3.58. The van der Waals surface area contributed by atoms with Crippen molar-refractivity contribution in [3.05, 3.63) is 47.3 Å². The van der Waals surface area contributed by atoms with E-state index in [4.69, 9.17) is 4.74 Å². The molecule has 0 amide bonds. The number of hydrogen-bond acceptors (Lipinski definition) is 2. The number of hydrogen-bond donors (Lipinski definition) is 2. The van der Waals surface area contributed by atoms with Crippen LogP contribution in [0.2, 0.25) is 0 Å². The van der Waals surface area contributed by atoms with Crippen molar-refractivity contribution in [2.45, 2.75) is 25.8 Å². The number of aromatic nitrogens is 1. The SMILES string of the molecule is COc1ccc2c(c1)CCCc1[nH]ccc1CN2. The molecule has 0 unspecified atom stereocenters. The molecule has 1 aromatic carbocycles. The number of rotatable bonds is 1. The van der Waals surface area contributed by atoms with E-state index in [0.717, 1.165) is 31.6 Å². The Hall–Kier alpha value is -1.90. The fourth-order valence-corrected chi connectivity index (χ4v) is 2.56. The Balaban J connectivity index is 1.90. The summed E-state index contributed by atoms with van der Waals surface area (Å²) in [6.45, 7) is 0.887. The minimum atomic E-state index is 0.887. The number of H-pyrrole nitrogens is 1. The van der Waals surface area contributed by atoms with E-state index in [9.17, 15) is 0 Å². The van der Waals surface area contributed by atoms with Crippen molar-refractivity contribution < 1.29 is 4.74 Å². The topological polar surface area (TPSA) is 37.0 Å². The number of benzene rings is 1. The fourth-order valence-electron chi connectivity index (χ4n) is 2.56. The highest BCUT2D eigenvalue weighted by Gasteiger charge is 2.10. The van der Waals surface area contributed by atoms with Crippen LogP contribution in [0.3, 0.4) is 0 Å². The zero-order valence-electron chi connectivity index (χ0n) is 10.6. The molecule has 0 bridgehead atoms. The molecule has 0 atom stereocenters. The normalized spacial score (nSPS) is 14.5. The molecule has 0 saturated heterocycles. The average Bonchev–Trinajstić information content (AvgIpc) is 2.85. The maximum Gasteiger partial charge on any atom is 0.119 e. The standard InChI is InChI=1S/C15H18N2O/c1-18-13-5-6-15-11(9-13)3-2-4-14-12(10-17-15)7-8-16-14/h5-9,16-17H,2-4,10H2,1H3. The van der Waals surface area contributed by atoms with Crippen LogP contribution in [0.4, 0.5) is 5.69 Å². The molecule has 0 saturated carbocycles. The highest BCUT2D eigenvalue weighted by molar-refractivity contribution is 5.55. The monoisotopic (exact) mass is 242 g/mol. The van der Waals surface area contributed by atoms with Crippen molar-refractivity contribution in [1.29, 1.82) is 0 Å². The molecular formula is C15H18N2O. The lowest BCUT2D eigenvalue weighted by atomic mass is 10.0. The van der Waals surface area contributed by atoms with Crippen LogP contribution in [-0.4, -0.2) is 12.1 Å².